The summed E-state index contributed by atoms with van der Waals surface area (Å²) in [4.78, 5) is 29.3. The molecule has 0 N–H and O–H groups in total. The summed E-state index contributed by atoms with van der Waals surface area (Å²) in [6.45, 7) is 6.17. The van der Waals surface area contributed by atoms with E-state index in [1.807, 2.05) is 19.1 Å². The Hall–Kier alpha value is -5.74. The highest BCUT2D eigenvalue weighted by Crippen LogP contribution is 2.35. The third kappa shape index (κ3) is 6.24. The molecule has 4 aromatic carbocycles. The zero-order valence-electron chi connectivity index (χ0n) is 24.7. The second-order valence-electron chi connectivity index (χ2n) is 10.3. The van der Waals surface area contributed by atoms with Gasteiger partial charge in [0, 0.05) is 28.1 Å². The van der Waals surface area contributed by atoms with Crippen molar-refractivity contribution in [2.75, 3.05) is 6.61 Å². The first kappa shape index (κ1) is 30.3. The molecule has 0 aliphatic rings. The van der Waals surface area contributed by atoms with E-state index in [2.05, 4.69) is 11.7 Å². The Morgan fingerprint density at radius 2 is 1.91 bits per heavy atom. The molecule has 2 heterocycles. The number of non-ortho nitro benzene ring substituents is 1. The first-order valence-electron chi connectivity index (χ1n) is 14.4. The molecule has 0 aliphatic heterocycles. The van der Waals surface area contributed by atoms with Crippen LogP contribution in [0, 0.1) is 10.1 Å². The lowest BCUT2D eigenvalue weighted by Gasteiger charge is -2.17. The van der Waals surface area contributed by atoms with Crippen LogP contribution < -0.4 is 15.0 Å². The van der Waals surface area contributed by atoms with Crippen LogP contribution in [0.5, 0.6) is 11.5 Å². The Morgan fingerprint density at radius 3 is 2.72 bits per heavy atom. The Bertz CT molecular complexity index is 2200. The molecule has 0 amide bonds. The summed E-state index contributed by atoms with van der Waals surface area (Å²) >= 11 is 6.19. The van der Waals surface area contributed by atoms with Gasteiger partial charge in [-0.1, -0.05) is 41.9 Å². The van der Waals surface area contributed by atoms with Crippen LogP contribution in [0.4, 0.5) is 5.69 Å². The first-order chi connectivity index (χ1) is 22.3. The second kappa shape index (κ2) is 13.1. The fraction of sp³-hybridized carbons (Fsp3) is 0.114. The average Bonchev–Trinajstić information content (AvgIpc) is 3.47. The van der Waals surface area contributed by atoms with Crippen molar-refractivity contribution in [3.8, 4) is 23.1 Å². The van der Waals surface area contributed by atoms with Gasteiger partial charge in [-0.25, -0.2) is 4.98 Å². The van der Waals surface area contributed by atoms with Gasteiger partial charge in [-0.2, -0.15) is 9.78 Å². The van der Waals surface area contributed by atoms with Crippen LogP contribution in [0.25, 0.3) is 33.5 Å². The number of benzene rings is 4. The fourth-order valence-corrected chi connectivity index (χ4v) is 5.23. The molecule has 0 bridgehead atoms. The average molecular weight is 635 g/mol. The Kier molecular flexibility index (Phi) is 8.62. The van der Waals surface area contributed by atoms with Crippen LogP contribution in [-0.2, 0) is 13.0 Å². The maximum absolute atomic E-state index is 13.7. The van der Waals surface area contributed by atoms with E-state index in [1.54, 1.807) is 73.0 Å². The summed E-state index contributed by atoms with van der Waals surface area (Å²) in [6, 6.07) is 23.9. The Balaban J connectivity index is 1.42. The SMILES string of the molecule is C=CCc1cc(C=Nn2c(-c3cc4cc(Cl)ccc4o3)nc3ccccc3c2=O)cc(OCC)c1OCc1cccc([N+](=O)[O-])c1. The molecule has 0 aliphatic carbocycles. The lowest BCUT2D eigenvalue weighted by Crippen LogP contribution is -2.20. The molecule has 0 radical (unpaired) electrons. The number of ether oxygens (including phenoxy) is 2. The van der Waals surface area contributed by atoms with Gasteiger partial charge in [0.15, 0.2) is 17.3 Å². The Labute approximate surface area is 267 Å². The van der Waals surface area contributed by atoms with Crippen molar-refractivity contribution < 1.29 is 18.8 Å². The first-order valence-corrected chi connectivity index (χ1v) is 14.7. The third-order valence-electron chi connectivity index (χ3n) is 7.10. The zero-order chi connectivity index (χ0) is 32.2. The van der Waals surface area contributed by atoms with Gasteiger partial charge in [0.1, 0.15) is 12.2 Å². The number of hydrogen-bond acceptors (Lipinski definition) is 8. The quantitative estimate of drug-likeness (QED) is 0.0613. The van der Waals surface area contributed by atoms with Crippen molar-refractivity contribution >= 4 is 45.4 Å². The van der Waals surface area contributed by atoms with E-state index < -0.39 is 4.92 Å². The molecule has 0 saturated heterocycles. The van der Waals surface area contributed by atoms with E-state index in [-0.39, 0.29) is 23.7 Å². The van der Waals surface area contributed by atoms with Crippen molar-refractivity contribution in [1.29, 1.82) is 0 Å². The summed E-state index contributed by atoms with van der Waals surface area (Å²) < 4.78 is 19.4. The largest absolute Gasteiger partial charge is 0.490 e. The molecule has 230 valence electrons. The number of hydrogen-bond donors (Lipinski definition) is 0. The van der Waals surface area contributed by atoms with Crippen molar-refractivity contribution in [2.45, 2.75) is 20.0 Å². The van der Waals surface area contributed by atoms with Gasteiger partial charge in [-0.15, -0.1) is 6.58 Å². The van der Waals surface area contributed by atoms with Gasteiger partial charge in [-0.05, 0) is 73.0 Å². The van der Waals surface area contributed by atoms with Crippen molar-refractivity contribution in [3.63, 3.8) is 0 Å². The number of nitro benzene ring substituents is 1. The topological polar surface area (TPSA) is 122 Å². The number of para-hydroxylation sites is 1. The zero-order valence-corrected chi connectivity index (χ0v) is 25.4. The molecule has 11 heteroatoms. The minimum absolute atomic E-state index is 0.0201. The molecule has 0 saturated carbocycles. The lowest BCUT2D eigenvalue weighted by atomic mass is 10.1. The van der Waals surface area contributed by atoms with Gasteiger partial charge >= 0.3 is 0 Å². The van der Waals surface area contributed by atoms with Crippen molar-refractivity contribution in [2.24, 2.45) is 5.10 Å². The van der Waals surface area contributed by atoms with Gasteiger partial charge in [0.05, 0.1) is 28.6 Å². The van der Waals surface area contributed by atoms with E-state index >= 15 is 0 Å². The van der Waals surface area contributed by atoms with E-state index in [0.717, 1.165) is 10.9 Å². The normalized spacial score (nSPS) is 11.3. The molecule has 0 unspecified atom stereocenters. The number of fused-ring (bicyclic) bond motifs is 2. The number of nitro groups is 1. The third-order valence-corrected chi connectivity index (χ3v) is 7.33. The number of allylic oxidation sites excluding steroid dienone is 1. The molecule has 0 spiro atoms. The smallest absolute Gasteiger partial charge is 0.282 e. The monoisotopic (exact) mass is 634 g/mol. The highest BCUT2D eigenvalue weighted by atomic mass is 35.5. The molecule has 10 nitrogen and oxygen atoms in total. The number of halogens is 1. The second-order valence-corrected chi connectivity index (χ2v) is 10.7. The van der Waals surface area contributed by atoms with Gasteiger partial charge < -0.3 is 13.9 Å². The van der Waals surface area contributed by atoms with E-state index in [4.69, 9.17) is 30.5 Å². The summed E-state index contributed by atoms with van der Waals surface area (Å²) in [5.41, 5.74) is 2.72. The predicted molar refractivity (Wildman–Crippen MR) is 178 cm³/mol. The maximum atomic E-state index is 13.7. The van der Waals surface area contributed by atoms with E-state index in [1.165, 1.54) is 16.8 Å². The molecular weight excluding hydrogens is 608 g/mol. The fourth-order valence-electron chi connectivity index (χ4n) is 5.05. The number of aromatic nitrogens is 2. The molecule has 6 rings (SSSR count). The molecule has 6 aromatic rings. The van der Waals surface area contributed by atoms with Crippen LogP contribution in [0.15, 0.2) is 112 Å². The molecule has 46 heavy (non-hydrogen) atoms. The van der Waals surface area contributed by atoms with Crippen LogP contribution in [0.2, 0.25) is 5.02 Å². The summed E-state index contributed by atoms with van der Waals surface area (Å²) in [7, 11) is 0. The minimum atomic E-state index is -0.446. The lowest BCUT2D eigenvalue weighted by molar-refractivity contribution is -0.384. The van der Waals surface area contributed by atoms with E-state index in [0.29, 0.717) is 62.9 Å². The van der Waals surface area contributed by atoms with Crippen LogP contribution in [-0.4, -0.2) is 27.4 Å². The molecule has 2 aromatic heterocycles. The molecule has 0 fully saturated rings. The summed E-state index contributed by atoms with van der Waals surface area (Å²) in [5.74, 6) is 1.51. The van der Waals surface area contributed by atoms with Gasteiger partial charge in [0.25, 0.3) is 11.2 Å². The van der Waals surface area contributed by atoms with Gasteiger partial charge in [-0.3, -0.25) is 14.9 Å². The van der Waals surface area contributed by atoms with Crippen molar-refractivity contribution in [3.05, 3.63) is 140 Å². The minimum Gasteiger partial charge on any atom is -0.490 e. The highest BCUT2D eigenvalue weighted by Gasteiger charge is 2.18. The molecular formula is C35H27ClN4O6. The maximum Gasteiger partial charge on any atom is 0.282 e. The van der Waals surface area contributed by atoms with E-state index in [9.17, 15) is 14.9 Å². The summed E-state index contributed by atoms with van der Waals surface area (Å²) in [5, 5.41) is 17.5. The Morgan fingerprint density at radius 1 is 1.07 bits per heavy atom. The van der Waals surface area contributed by atoms with Gasteiger partial charge in [0.2, 0.25) is 5.82 Å². The number of nitrogens with zero attached hydrogens (tertiary/aromatic N) is 4. The van der Waals surface area contributed by atoms with Crippen LogP contribution in [0.3, 0.4) is 0 Å². The van der Waals surface area contributed by atoms with Crippen molar-refractivity contribution in [1.82, 2.24) is 9.66 Å². The number of furan rings is 1. The van der Waals surface area contributed by atoms with Crippen LogP contribution in [0.1, 0.15) is 23.6 Å². The highest BCUT2D eigenvalue weighted by molar-refractivity contribution is 6.31. The number of rotatable bonds is 11. The predicted octanol–water partition coefficient (Wildman–Crippen LogP) is 7.96. The summed E-state index contributed by atoms with van der Waals surface area (Å²) in [6.07, 6.45) is 3.71. The standard InChI is InChI=1S/C35H27ClN4O6/c1-3-8-24-15-23(17-31(44-4-2)33(24)45-21-22-9-7-10-27(16-22)40(42)43)20-37-39-34(38-29-12-6-5-11-28(29)35(39)41)32-19-25-18-26(36)13-14-30(25)46-32/h3,5-7,9-20H,1,4,8,21H2,2H3. The van der Waals surface area contributed by atoms with Crippen LogP contribution >= 0.6 is 11.6 Å². The molecule has 0 atom stereocenters.